The van der Waals surface area contributed by atoms with Gasteiger partial charge in [0.25, 0.3) is 5.91 Å². The number of nitrogens with one attached hydrogen (secondary N) is 1. The number of amides is 1. The van der Waals surface area contributed by atoms with Crippen LogP contribution in [0.15, 0.2) is 50.1 Å². The summed E-state index contributed by atoms with van der Waals surface area (Å²) in [6.45, 7) is 5.78. The third kappa shape index (κ3) is 6.48. The highest BCUT2D eigenvalue weighted by atomic mass is 79.9. The average Bonchev–Trinajstić information content (AvgIpc) is 3.24. The highest BCUT2D eigenvalue weighted by molar-refractivity contribution is 9.13. The zero-order chi connectivity index (χ0) is 24.3. The molecular weight excluding hydrogens is 622 g/mol. The van der Waals surface area contributed by atoms with Gasteiger partial charge in [-0.3, -0.25) is 9.36 Å². The van der Waals surface area contributed by atoms with Gasteiger partial charge in [-0.05, 0) is 95.8 Å². The Morgan fingerprint density at radius 1 is 1.15 bits per heavy atom. The van der Waals surface area contributed by atoms with Crippen LogP contribution < -0.4 is 11.1 Å². The van der Waals surface area contributed by atoms with E-state index < -0.39 is 11.7 Å². The Kier molecular flexibility index (Phi) is 8.07. The number of carbonyl (C=O) groups is 2. The minimum absolute atomic E-state index is 0.0744. The number of carbonyl (C=O) groups excluding carboxylic acids is 2. The monoisotopic (exact) mass is 643 g/mol. The summed E-state index contributed by atoms with van der Waals surface area (Å²) in [6.07, 6.45) is 2.16. The maximum Gasteiger partial charge on any atom is 0.421 e. The van der Waals surface area contributed by atoms with Crippen LogP contribution in [0.3, 0.4) is 0 Å². The van der Waals surface area contributed by atoms with Crippen LogP contribution >= 0.6 is 47.8 Å². The van der Waals surface area contributed by atoms with Crippen LogP contribution in [-0.2, 0) is 11.2 Å². The molecule has 3 rings (SSSR count). The maximum absolute atomic E-state index is 12.9. The van der Waals surface area contributed by atoms with Crippen molar-refractivity contribution in [1.82, 2.24) is 19.4 Å². The summed E-state index contributed by atoms with van der Waals surface area (Å²) in [5.74, 6) is -0.131. The molecule has 33 heavy (non-hydrogen) atoms. The van der Waals surface area contributed by atoms with Gasteiger partial charge in [0.05, 0.1) is 10.2 Å². The van der Waals surface area contributed by atoms with Gasteiger partial charge in [0.1, 0.15) is 15.9 Å². The van der Waals surface area contributed by atoms with Crippen LogP contribution in [0, 0.1) is 0 Å². The predicted octanol–water partition coefficient (Wildman–Crippen LogP) is 5.69. The zero-order valence-electron chi connectivity index (χ0n) is 18.4. The van der Waals surface area contributed by atoms with E-state index >= 15 is 0 Å². The fourth-order valence-corrected chi connectivity index (χ4v) is 4.22. The molecule has 2 heterocycles. The number of hydrogen-bond acceptors (Lipinski definition) is 5. The first-order valence-electron chi connectivity index (χ1n) is 10.1. The Morgan fingerprint density at radius 3 is 2.45 bits per heavy atom. The van der Waals surface area contributed by atoms with Gasteiger partial charge in [-0.1, -0.05) is 15.9 Å². The van der Waals surface area contributed by atoms with Crippen molar-refractivity contribution in [2.24, 2.45) is 0 Å². The molecule has 1 amide bonds. The highest BCUT2D eigenvalue weighted by Gasteiger charge is 2.21. The lowest BCUT2D eigenvalue weighted by molar-refractivity contribution is 0.0540. The maximum atomic E-state index is 12.9. The van der Waals surface area contributed by atoms with E-state index in [4.69, 9.17) is 10.5 Å². The molecule has 3 N–H and O–H groups in total. The zero-order valence-corrected chi connectivity index (χ0v) is 23.1. The summed E-state index contributed by atoms with van der Waals surface area (Å²) >= 11 is 10.4. The standard InChI is InChI=1S/C22H24Br3N5O3/c1-22(2,3)33-21(32)29-12-14(28-20(29)26)5-4-10-27-19(31)17-11-16(24)18(25)30(17)15-8-6-13(23)7-9-15/h6-9,11-12H,4-5,10H2,1-3H3,(H2,26,28)(H,27,31). The van der Waals surface area contributed by atoms with E-state index in [0.29, 0.717) is 30.8 Å². The highest BCUT2D eigenvalue weighted by Crippen LogP contribution is 2.31. The molecular formula is C22H24Br3N5O3. The van der Waals surface area contributed by atoms with E-state index in [1.165, 1.54) is 4.57 Å². The Hall–Kier alpha value is -2.11. The van der Waals surface area contributed by atoms with Crippen molar-refractivity contribution < 1.29 is 14.3 Å². The number of benzene rings is 1. The summed E-state index contributed by atoms with van der Waals surface area (Å²) in [4.78, 5) is 29.3. The van der Waals surface area contributed by atoms with Crippen LogP contribution in [0.4, 0.5) is 10.7 Å². The number of hydrogen-bond donors (Lipinski definition) is 2. The van der Waals surface area contributed by atoms with Crippen molar-refractivity contribution in [2.75, 3.05) is 12.3 Å². The van der Waals surface area contributed by atoms with Crippen LogP contribution in [-0.4, -0.2) is 38.3 Å². The second-order valence-corrected chi connectivity index (χ2v) is 10.8. The molecule has 2 aromatic heterocycles. The summed E-state index contributed by atoms with van der Waals surface area (Å²) in [5, 5.41) is 2.94. The molecule has 0 atom stereocenters. The molecule has 0 aliphatic heterocycles. The van der Waals surface area contributed by atoms with Crippen molar-refractivity contribution in [3.05, 3.63) is 61.5 Å². The largest absolute Gasteiger partial charge is 0.443 e. The number of nitrogens with two attached hydrogens (primary N) is 1. The van der Waals surface area contributed by atoms with E-state index in [1.807, 2.05) is 28.8 Å². The van der Waals surface area contributed by atoms with Crippen LogP contribution in [0.1, 0.15) is 43.4 Å². The topological polar surface area (TPSA) is 104 Å². The van der Waals surface area contributed by atoms with Gasteiger partial charge in [-0.15, -0.1) is 0 Å². The lowest BCUT2D eigenvalue weighted by Crippen LogP contribution is -2.27. The number of aromatic nitrogens is 3. The van der Waals surface area contributed by atoms with Gasteiger partial charge < -0.3 is 15.8 Å². The molecule has 0 aliphatic rings. The minimum atomic E-state index is -0.629. The first kappa shape index (κ1) is 25.5. The Morgan fingerprint density at radius 2 is 1.82 bits per heavy atom. The molecule has 0 saturated carbocycles. The molecule has 0 bridgehead atoms. The molecule has 0 fully saturated rings. The third-order valence-electron chi connectivity index (χ3n) is 4.48. The van der Waals surface area contributed by atoms with Crippen LogP contribution in [0.2, 0.25) is 0 Å². The van der Waals surface area contributed by atoms with E-state index in [-0.39, 0.29) is 11.9 Å². The van der Waals surface area contributed by atoms with E-state index in [0.717, 1.165) is 19.2 Å². The summed E-state index contributed by atoms with van der Waals surface area (Å²) < 4.78 is 10.8. The first-order valence-corrected chi connectivity index (χ1v) is 12.5. The van der Waals surface area contributed by atoms with E-state index in [9.17, 15) is 9.59 Å². The van der Waals surface area contributed by atoms with Gasteiger partial charge >= 0.3 is 6.09 Å². The molecule has 3 aromatic rings. The minimum Gasteiger partial charge on any atom is -0.443 e. The Balaban J connectivity index is 1.61. The second kappa shape index (κ2) is 10.4. The van der Waals surface area contributed by atoms with E-state index in [1.54, 1.807) is 33.0 Å². The molecule has 11 heteroatoms. The predicted molar refractivity (Wildman–Crippen MR) is 138 cm³/mol. The number of rotatable bonds is 6. The number of nitrogens with zero attached hydrogens (tertiary/aromatic N) is 3. The molecule has 0 saturated heterocycles. The van der Waals surface area contributed by atoms with Crippen LogP contribution in [0.25, 0.3) is 5.69 Å². The normalized spacial score (nSPS) is 11.5. The van der Waals surface area contributed by atoms with Gasteiger partial charge in [-0.2, -0.15) is 0 Å². The quantitative estimate of drug-likeness (QED) is 0.335. The number of imidazole rings is 1. The second-order valence-electron chi connectivity index (χ2n) is 8.28. The van der Waals surface area contributed by atoms with Crippen molar-refractivity contribution in [3.63, 3.8) is 0 Å². The Bertz CT molecular complexity index is 1160. The third-order valence-corrected chi connectivity index (χ3v) is 6.93. The number of ether oxygens (including phenoxy) is 1. The number of anilines is 1. The van der Waals surface area contributed by atoms with E-state index in [2.05, 4.69) is 58.1 Å². The van der Waals surface area contributed by atoms with Crippen molar-refractivity contribution in [2.45, 2.75) is 39.2 Å². The van der Waals surface area contributed by atoms with Crippen LogP contribution in [0.5, 0.6) is 0 Å². The number of nitrogen functional groups attached to an aromatic ring is 1. The summed E-state index contributed by atoms with van der Waals surface area (Å²) in [5.41, 5.74) is 7.22. The molecule has 1 aromatic carbocycles. The number of aryl methyl sites for hydroxylation is 1. The molecule has 176 valence electrons. The van der Waals surface area contributed by atoms with Gasteiger partial charge in [0.2, 0.25) is 5.95 Å². The van der Waals surface area contributed by atoms with Crippen molar-refractivity contribution in [1.29, 1.82) is 0 Å². The molecule has 0 radical (unpaired) electrons. The van der Waals surface area contributed by atoms with Gasteiger partial charge in [0, 0.05) is 22.9 Å². The molecule has 0 aliphatic carbocycles. The van der Waals surface area contributed by atoms with Gasteiger partial charge in [-0.25, -0.2) is 14.3 Å². The average molecular weight is 646 g/mol. The van der Waals surface area contributed by atoms with Gasteiger partial charge in [0.15, 0.2) is 0 Å². The number of halogens is 3. The SMILES string of the molecule is CC(C)(C)OC(=O)n1cc(CCCNC(=O)c2cc(Br)c(Br)n2-c2ccc(Br)cc2)nc1N. The smallest absolute Gasteiger partial charge is 0.421 e. The fourth-order valence-electron chi connectivity index (χ4n) is 3.05. The lowest BCUT2D eigenvalue weighted by Gasteiger charge is -2.19. The lowest BCUT2D eigenvalue weighted by atomic mass is 10.2. The van der Waals surface area contributed by atoms with Crippen molar-refractivity contribution in [3.8, 4) is 5.69 Å². The summed E-state index contributed by atoms with van der Waals surface area (Å²) in [7, 11) is 0. The first-order chi connectivity index (χ1) is 15.5. The molecule has 8 nitrogen and oxygen atoms in total. The molecule has 0 unspecified atom stereocenters. The Labute approximate surface area is 217 Å². The van der Waals surface area contributed by atoms with Crippen molar-refractivity contribution >= 4 is 65.7 Å². The summed E-state index contributed by atoms with van der Waals surface area (Å²) in [6, 6.07) is 9.44. The molecule has 0 spiro atoms. The fraction of sp³-hybridized carbons (Fsp3) is 0.318.